The van der Waals surface area contributed by atoms with Gasteiger partial charge in [-0.15, -0.1) is 0 Å². The molecule has 0 bridgehead atoms. The first-order valence-corrected chi connectivity index (χ1v) is 11.3. The Morgan fingerprint density at radius 1 is 0.517 bits per heavy atom. The molecule has 0 aliphatic rings. The maximum absolute atomic E-state index is 8.80. The largest absolute Gasteiger partial charge is 0.494 e. The van der Waals surface area contributed by atoms with Crippen molar-refractivity contribution in [2.75, 3.05) is 19.8 Å². The molecule has 0 atom stereocenters. The molecule has 0 heterocycles. The highest BCUT2D eigenvalue weighted by Crippen LogP contribution is 2.17. The van der Waals surface area contributed by atoms with Gasteiger partial charge in [0, 0.05) is 13.2 Å². The molecule has 2 N–H and O–H groups in total. The van der Waals surface area contributed by atoms with Crippen LogP contribution in [0, 0.1) is 0 Å². The number of hydrogen-bond acceptors (Lipinski definition) is 3. The molecular formula is C26H38O3. The van der Waals surface area contributed by atoms with Gasteiger partial charge in [0.05, 0.1) is 6.61 Å². The van der Waals surface area contributed by atoms with Gasteiger partial charge in [0.1, 0.15) is 5.75 Å². The number of aliphatic hydroxyl groups is 2. The van der Waals surface area contributed by atoms with Gasteiger partial charge in [0.2, 0.25) is 0 Å². The van der Waals surface area contributed by atoms with E-state index in [4.69, 9.17) is 14.9 Å². The molecule has 0 fully saturated rings. The number of unbranched alkanes of at least 4 members (excludes halogenated alkanes) is 7. The Balaban J connectivity index is 1.66. The quantitative estimate of drug-likeness (QED) is 0.357. The van der Waals surface area contributed by atoms with Gasteiger partial charge in [-0.25, -0.2) is 0 Å². The van der Waals surface area contributed by atoms with E-state index in [1.165, 1.54) is 36.0 Å². The van der Waals surface area contributed by atoms with Gasteiger partial charge >= 0.3 is 0 Å². The Morgan fingerprint density at radius 3 is 1.62 bits per heavy atom. The number of hydrogen-bond donors (Lipinski definition) is 2. The van der Waals surface area contributed by atoms with Crippen molar-refractivity contribution < 1.29 is 14.9 Å². The lowest BCUT2D eigenvalue weighted by Crippen LogP contribution is -1.98. The van der Waals surface area contributed by atoms with Gasteiger partial charge in [-0.1, -0.05) is 62.1 Å². The number of aliphatic hydroxyl groups excluding tert-OH is 2. The predicted molar refractivity (Wildman–Crippen MR) is 121 cm³/mol. The van der Waals surface area contributed by atoms with Crippen molar-refractivity contribution >= 4 is 0 Å². The highest BCUT2D eigenvalue weighted by atomic mass is 16.5. The maximum Gasteiger partial charge on any atom is 0.119 e. The summed E-state index contributed by atoms with van der Waals surface area (Å²) in [6.07, 6.45) is 12.0. The Morgan fingerprint density at radius 2 is 1.00 bits per heavy atom. The Bertz CT molecular complexity index is 577. The molecule has 0 saturated heterocycles. The molecule has 0 aromatic heterocycles. The molecule has 0 spiro atoms. The first kappa shape index (κ1) is 23.4. The third-order valence-electron chi connectivity index (χ3n) is 5.30. The van der Waals surface area contributed by atoms with E-state index in [0.29, 0.717) is 6.61 Å². The molecule has 0 unspecified atom stereocenters. The van der Waals surface area contributed by atoms with E-state index in [0.717, 1.165) is 63.7 Å². The number of benzene rings is 2. The minimum Gasteiger partial charge on any atom is -0.494 e. The van der Waals surface area contributed by atoms with Crippen LogP contribution in [0.3, 0.4) is 0 Å². The molecular weight excluding hydrogens is 360 g/mol. The van der Waals surface area contributed by atoms with Crippen molar-refractivity contribution in [3.05, 3.63) is 65.2 Å². The second kappa shape index (κ2) is 15.1. The van der Waals surface area contributed by atoms with Crippen LogP contribution >= 0.6 is 0 Å². The highest BCUT2D eigenvalue weighted by molar-refractivity contribution is 5.32. The molecule has 0 saturated carbocycles. The van der Waals surface area contributed by atoms with E-state index in [9.17, 15) is 0 Å². The molecule has 2 aromatic rings. The van der Waals surface area contributed by atoms with E-state index in [-0.39, 0.29) is 6.61 Å². The fraction of sp³-hybridized carbons (Fsp3) is 0.538. The highest BCUT2D eigenvalue weighted by Gasteiger charge is 2.00. The second-order valence-corrected chi connectivity index (χ2v) is 7.86. The SMILES string of the molecule is OCCCCCCCc1ccc(Cc2ccc(OCCCCCCO)cc2)cc1. The summed E-state index contributed by atoms with van der Waals surface area (Å²) in [5, 5.41) is 17.6. The molecule has 0 aliphatic carbocycles. The van der Waals surface area contributed by atoms with Crippen molar-refractivity contribution in [1.82, 2.24) is 0 Å². The van der Waals surface area contributed by atoms with Gasteiger partial charge in [-0.2, -0.15) is 0 Å². The summed E-state index contributed by atoms with van der Waals surface area (Å²) in [5.74, 6) is 0.935. The Labute approximate surface area is 176 Å². The summed E-state index contributed by atoms with van der Waals surface area (Å²) in [5.41, 5.74) is 4.06. The van der Waals surface area contributed by atoms with Crippen molar-refractivity contribution in [2.24, 2.45) is 0 Å². The molecule has 0 aliphatic heterocycles. The summed E-state index contributed by atoms with van der Waals surface area (Å²) in [6, 6.07) is 17.5. The van der Waals surface area contributed by atoms with E-state index in [1.807, 2.05) is 0 Å². The molecule has 2 rings (SSSR count). The average Bonchev–Trinajstić information content (AvgIpc) is 2.75. The predicted octanol–water partition coefficient (Wildman–Crippen LogP) is 5.69. The van der Waals surface area contributed by atoms with Crippen molar-refractivity contribution in [1.29, 1.82) is 0 Å². The van der Waals surface area contributed by atoms with Crippen LogP contribution in [0.15, 0.2) is 48.5 Å². The maximum atomic E-state index is 8.80. The molecule has 3 nitrogen and oxygen atoms in total. The fourth-order valence-electron chi connectivity index (χ4n) is 3.49. The molecule has 3 heteroatoms. The van der Waals surface area contributed by atoms with Crippen molar-refractivity contribution in [3.63, 3.8) is 0 Å². The van der Waals surface area contributed by atoms with Crippen LogP contribution in [-0.4, -0.2) is 30.0 Å². The lowest BCUT2D eigenvalue weighted by Gasteiger charge is -2.08. The summed E-state index contributed by atoms with van der Waals surface area (Å²) < 4.78 is 5.80. The fourth-order valence-corrected chi connectivity index (χ4v) is 3.49. The molecule has 0 amide bonds. The lowest BCUT2D eigenvalue weighted by atomic mass is 10.0. The van der Waals surface area contributed by atoms with Crippen LogP contribution in [0.2, 0.25) is 0 Å². The van der Waals surface area contributed by atoms with Crippen LogP contribution in [0.25, 0.3) is 0 Å². The van der Waals surface area contributed by atoms with Gasteiger partial charge in [0.25, 0.3) is 0 Å². The zero-order valence-corrected chi connectivity index (χ0v) is 17.8. The number of rotatable bonds is 16. The molecule has 160 valence electrons. The first-order valence-electron chi connectivity index (χ1n) is 11.3. The Kier molecular flexibility index (Phi) is 12.2. The minimum atomic E-state index is 0.289. The normalized spacial score (nSPS) is 11.0. The van der Waals surface area contributed by atoms with Crippen LogP contribution in [0.5, 0.6) is 5.75 Å². The van der Waals surface area contributed by atoms with E-state index in [1.54, 1.807) is 0 Å². The number of ether oxygens (including phenoxy) is 1. The molecule has 29 heavy (non-hydrogen) atoms. The van der Waals surface area contributed by atoms with Gasteiger partial charge in [0.15, 0.2) is 0 Å². The van der Waals surface area contributed by atoms with Gasteiger partial charge in [-0.3, -0.25) is 0 Å². The lowest BCUT2D eigenvalue weighted by molar-refractivity contribution is 0.273. The van der Waals surface area contributed by atoms with Gasteiger partial charge < -0.3 is 14.9 Å². The van der Waals surface area contributed by atoms with Crippen molar-refractivity contribution in [2.45, 2.75) is 70.6 Å². The minimum absolute atomic E-state index is 0.289. The van der Waals surface area contributed by atoms with Crippen LogP contribution < -0.4 is 4.74 Å². The van der Waals surface area contributed by atoms with E-state index < -0.39 is 0 Å². The van der Waals surface area contributed by atoms with Gasteiger partial charge in [-0.05, 0) is 73.8 Å². The van der Waals surface area contributed by atoms with Crippen LogP contribution in [0.1, 0.15) is 74.5 Å². The zero-order chi connectivity index (χ0) is 20.6. The van der Waals surface area contributed by atoms with Crippen molar-refractivity contribution in [3.8, 4) is 5.75 Å². The van der Waals surface area contributed by atoms with Crippen LogP contribution in [0.4, 0.5) is 0 Å². The molecule has 2 aromatic carbocycles. The Hall–Kier alpha value is -1.84. The zero-order valence-electron chi connectivity index (χ0n) is 17.8. The summed E-state index contributed by atoms with van der Waals surface area (Å²) in [6.45, 7) is 1.36. The third kappa shape index (κ3) is 10.5. The molecule has 0 radical (unpaired) electrons. The topological polar surface area (TPSA) is 49.7 Å². The smallest absolute Gasteiger partial charge is 0.119 e. The standard InChI is InChI=1S/C26H38O3/c27-19-7-3-1-2-6-10-23-11-13-24(14-12-23)22-25-15-17-26(18-16-25)29-21-9-5-4-8-20-28/h11-18,27-28H,1-10,19-22H2. The average molecular weight is 399 g/mol. The first-order chi connectivity index (χ1) is 14.3. The number of aryl methyl sites for hydroxylation is 1. The third-order valence-corrected chi connectivity index (χ3v) is 5.30. The van der Waals surface area contributed by atoms with Crippen LogP contribution in [-0.2, 0) is 12.8 Å². The van der Waals surface area contributed by atoms with E-state index >= 15 is 0 Å². The summed E-state index contributed by atoms with van der Waals surface area (Å²) in [4.78, 5) is 0. The monoisotopic (exact) mass is 398 g/mol. The summed E-state index contributed by atoms with van der Waals surface area (Å²) >= 11 is 0. The summed E-state index contributed by atoms with van der Waals surface area (Å²) in [7, 11) is 0. The van der Waals surface area contributed by atoms with E-state index in [2.05, 4.69) is 48.5 Å². The second-order valence-electron chi connectivity index (χ2n) is 7.86.